The number of aromatic amines is 1. The van der Waals surface area contributed by atoms with Crippen LogP contribution in [0.1, 0.15) is 15.9 Å². The summed E-state index contributed by atoms with van der Waals surface area (Å²) in [6.07, 6.45) is 2.88. The number of nitrogens with one attached hydrogen (secondary N) is 2. The molecule has 0 fully saturated rings. The van der Waals surface area contributed by atoms with E-state index < -0.39 is 10.0 Å². The number of hydrogen-bond acceptors (Lipinski definition) is 6. The summed E-state index contributed by atoms with van der Waals surface area (Å²) in [4.78, 5) is 22.0. The summed E-state index contributed by atoms with van der Waals surface area (Å²) in [6.45, 7) is 1.99. The molecule has 0 spiro atoms. The second kappa shape index (κ2) is 9.65. The van der Waals surface area contributed by atoms with E-state index >= 15 is 0 Å². The summed E-state index contributed by atoms with van der Waals surface area (Å²) < 4.78 is 32.8. The first-order valence-corrected chi connectivity index (χ1v) is 15.2. The number of aromatic nitrogens is 2. The maximum atomic E-state index is 13.2. The zero-order valence-electron chi connectivity index (χ0n) is 22.3. The largest absolute Gasteiger partial charge is 0.455 e. The molecule has 202 valence electrons. The summed E-state index contributed by atoms with van der Waals surface area (Å²) in [5.41, 5.74) is 5.55. The molecule has 3 heterocycles. The fourth-order valence-corrected chi connectivity index (χ4v) is 6.16. The number of anilines is 1. The monoisotopic (exact) mass is 570 g/mol. The molecule has 0 unspecified atom stereocenters. The van der Waals surface area contributed by atoms with E-state index in [0.29, 0.717) is 33.5 Å². The molecule has 0 aliphatic carbocycles. The van der Waals surface area contributed by atoms with Gasteiger partial charge in [-0.2, -0.15) is 0 Å². The van der Waals surface area contributed by atoms with Gasteiger partial charge in [0.05, 0.1) is 28.1 Å². The van der Waals surface area contributed by atoms with Crippen LogP contribution in [0.15, 0.2) is 77.3 Å². The van der Waals surface area contributed by atoms with Crippen LogP contribution < -0.4 is 9.62 Å². The van der Waals surface area contributed by atoms with Crippen molar-refractivity contribution in [2.75, 3.05) is 24.7 Å². The van der Waals surface area contributed by atoms with E-state index in [9.17, 15) is 13.2 Å². The Bertz CT molecular complexity index is 1990. The SMILES string of the molecule is CNC(=O)c1c(-c2ccc(C)cc2)oc2cc(N(C)S(C)(=O)=O)c(-c3cnc(-c4cc5ccccc5[nH]4)s3)cc12. The van der Waals surface area contributed by atoms with E-state index in [0.717, 1.165) is 43.9 Å². The number of amides is 1. The highest BCUT2D eigenvalue weighted by atomic mass is 32.2. The predicted octanol–water partition coefficient (Wildman–Crippen LogP) is 6.44. The van der Waals surface area contributed by atoms with Gasteiger partial charge in [0.25, 0.3) is 5.91 Å². The molecule has 0 aliphatic heterocycles. The van der Waals surface area contributed by atoms with Gasteiger partial charge < -0.3 is 14.7 Å². The summed E-state index contributed by atoms with van der Waals surface area (Å²) in [6, 6.07) is 21.2. The Morgan fingerprint density at radius 3 is 2.52 bits per heavy atom. The van der Waals surface area contributed by atoms with E-state index in [2.05, 4.69) is 15.3 Å². The number of furan rings is 1. The molecule has 0 saturated carbocycles. The van der Waals surface area contributed by atoms with Crippen molar-refractivity contribution in [1.29, 1.82) is 0 Å². The molecule has 6 rings (SSSR count). The Kier molecular flexibility index (Phi) is 6.24. The van der Waals surface area contributed by atoms with Crippen molar-refractivity contribution in [3.63, 3.8) is 0 Å². The Labute approximate surface area is 235 Å². The quantitative estimate of drug-likeness (QED) is 0.240. The van der Waals surface area contributed by atoms with Gasteiger partial charge >= 0.3 is 0 Å². The fraction of sp³-hybridized carbons (Fsp3) is 0.133. The molecular formula is C30H26N4O4S2. The topological polar surface area (TPSA) is 108 Å². The van der Waals surface area contributed by atoms with E-state index in [-0.39, 0.29) is 5.91 Å². The molecule has 10 heteroatoms. The van der Waals surface area contributed by atoms with Crippen LogP contribution in [0.2, 0.25) is 0 Å². The molecular weight excluding hydrogens is 544 g/mol. The first kappa shape index (κ1) is 25.8. The zero-order valence-corrected chi connectivity index (χ0v) is 23.9. The summed E-state index contributed by atoms with van der Waals surface area (Å²) in [5.74, 6) is 0.120. The molecule has 40 heavy (non-hydrogen) atoms. The van der Waals surface area contributed by atoms with E-state index in [1.165, 1.54) is 22.7 Å². The van der Waals surface area contributed by atoms with Crippen molar-refractivity contribution in [2.24, 2.45) is 0 Å². The van der Waals surface area contributed by atoms with Crippen LogP contribution in [-0.2, 0) is 10.0 Å². The number of rotatable bonds is 6. The molecule has 0 aliphatic rings. The van der Waals surface area contributed by atoms with Crippen LogP contribution in [0, 0.1) is 6.92 Å². The minimum absolute atomic E-state index is 0.299. The Hall–Kier alpha value is -4.41. The number of carbonyl (C=O) groups is 1. The number of thiazole rings is 1. The van der Waals surface area contributed by atoms with Gasteiger partial charge in [-0.15, -0.1) is 11.3 Å². The van der Waals surface area contributed by atoms with E-state index in [1.807, 2.05) is 67.6 Å². The molecule has 3 aromatic heterocycles. The lowest BCUT2D eigenvalue weighted by atomic mass is 10.0. The van der Waals surface area contributed by atoms with Crippen LogP contribution in [0.4, 0.5) is 5.69 Å². The van der Waals surface area contributed by atoms with Crippen molar-refractivity contribution in [1.82, 2.24) is 15.3 Å². The first-order valence-electron chi connectivity index (χ1n) is 12.5. The van der Waals surface area contributed by atoms with Gasteiger partial charge in [-0.05, 0) is 25.1 Å². The number of H-pyrrole nitrogens is 1. The lowest BCUT2D eigenvalue weighted by molar-refractivity contribution is 0.0964. The van der Waals surface area contributed by atoms with Gasteiger partial charge in [-0.1, -0.05) is 48.0 Å². The average Bonchev–Trinajstić information content (AvgIpc) is 3.67. The molecule has 0 radical (unpaired) electrons. The van der Waals surface area contributed by atoms with Crippen molar-refractivity contribution in [3.8, 4) is 32.5 Å². The highest BCUT2D eigenvalue weighted by molar-refractivity contribution is 7.92. The Morgan fingerprint density at radius 2 is 1.82 bits per heavy atom. The van der Waals surface area contributed by atoms with Gasteiger partial charge in [0.2, 0.25) is 10.0 Å². The molecule has 1 amide bonds. The summed E-state index contributed by atoms with van der Waals surface area (Å²) in [7, 11) is -0.533. The van der Waals surface area contributed by atoms with Crippen LogP contribution in [-0.4, -0.2) is 44.6 Å². The third-order valence-corrected chi connectivity index (χ3v) is 9.20. The number of carbonyl (C=O) groups excluding carboxylic acids is 1. The van der Waals surface area contributed by atoms with Crippen molar-refractivity contribution in [2.45, 2.75) is 6.92 Å². The smallest absolute Gasteiger partial charge is 0.255 e. The average molecular weight is 571 g/mol. The molecule has 0 saturated heterocycles. The molecule has 0 atom stereocenters. The maximum absolute atomic E-state index is 13.2. The third-order valence-electron chi connectivity index (χ3n) is 6.94. The van der Waals surface area contributed by atoms with Crippen LogP contribution >= 0.6 is 11.3 Å². The molecule has 6 aromatic rings. The highest BCUT2D eigenvalue weighted by Gasteiger charge is 2.26. The number of nitrogens with zero attached hydrogens (tertiary/aromatic N) is 2. The Balaban J connectivity index is 1.58. The second-order valence-corrected chi connectivity index (χ2v) is 12.7. The predicted molar refractivity (Wildman–Crippen MR) is 161 cm³/mol. The second-order valence-electron chi connectivity index (χ2n) is 9.65. The number of benzene rings is 3. The first-order chi connectivity index (χ1) is 19.1. The lowest BCUT2D eigenvalue weighted by Gasteiger charge is -2.19. The van der Waals surface area contributed by atoms with Crippen molar-refractivity contribution in [3.05, 3.63) is 84.1 Å². The number of para-hydroxylation sites is 1. The third kappa shape index (κ3) is 4.44. The standard InChI is InChI=1S/C30H26N4O4S2/c1-17-9-11-18(12-10-17)28-27(29(35)31-2)21-14-20(24(15-25(21)38-28)34(3)40(4,36)37)26-16-32-30(39-26)23-13-19-7-5-6-8-22(19)33-23/h5-16,33H,1-4H3,(H,31,35). The van der Waals surface area contributed by atoms with Crippen molar-refractivity contribution < 1.29 is 17.6 Å². The molecule has 8 nitrogen and oxygen atoms in total. The number of fused-ring (bicyclic) bond motifs is 2. The van der Waals surface area contributed by atoms with E-state index in [4.69, 9.17) is 4.42 Å². The van der Waals surface area contributed by atoms with Gasteiger partial charge in [-0.3, -0.25) is 9.10 Å². The van der Waals surface area contributed by atoms with E-state index in [1.54, 1.807) is 19.3 Å². The zero-order chi connectivity index (χ0) is 28.2. The highest BCUT2D eigenvalue weighted by Crippen LogP contribution is 2.43. The number of aryl methyl sites for hydroxylation is 1. The number of hydrogen-bond donors (Lipinski definition) is 2. The van der Waals surface area contributed by atoms with Crippen molar-refractivity contribution >= 4 is 54.8 Å². The minimum Gasteiger partial charge on any atom is -0.455 e. The van der Waals surface area contributed by atoms with Crippen LogP contribution in [0.25, 0.3) is 54.3 Å². The van der Waals surface area contributed by atoms with Crippen LogP contribution in [0.5, 0.6) is 0 Å². The van der Waals surface area contributed by atoms with Gasteiger partial charge in [0, 0.05) is 53.8 Å². The number of sulfonamides is 1. The lowest BCUT2D eigenvalue weighted by Crippen LogP contribution is -2.25. The summed E-state index contributed by atoms with van der Waals surface area (Å²) in [5, 5.41) is 5.14. The van der Waals surface area contributed by atoms with Gasteiger partial charge in [0.15, 0.2) is 0 Å². The molecule has 0 bridgehead atoms. The van der Waals surface area contributed by atoms with Gasteiger partial charge in [0.1, 0.15) is 16.4 Å². The normalized spacial score (nSPS) is 11.8. The molecule has 2 N–H and O–H groups in total. The van der Waals surface area contributed by atoms with Gasteiger partial charge in [-0.25, -0.2) is 13.4 Å². The summed E-state index contributed by atoms with van der Waals surface area (Å²) >= 11 is 1.43. The minimum atomic E-state index is -3.61. The Morgan fingerprint density at radius 1 is 1.07 bits per heavy atom. The van der Waals surface area contributed by atoms with Crippen LogP contribution in [0.3, 0.4) is 0 Å². The molecule has 3 aromatic carbocycles. The fourth-order valence-electron chi connectivity index (χ4n) is 4.74. The maximum Gasteiger partial charge on any atom is 0.255 e.